The van der Waals surface area contributed by atoms with Crippen LogP contribution < -0.4 is 5.32 Å². The molecule has 3 rings (SSSR count). The third-order valence-corrected chi connectivity index (χ3v) is 6.60. The van der Waals surface area contributed by atoms with Crippen molar-refractivity contribution in [3.63, 3.8) is 0 Å². The summed E-state index contributed by atoms with van der Waals surface area (Å²) in [4.78, 5) is 12.6. The number of aromatic nitrogens is 2. The summed E-state index contributed by atoms with van der Waals surface area (Å²) in [7, 11) is -3.49. The van der Waals surface area contributed by atoms with Crippen LogP contribution in [0.3, 0.4) is 0 Å². The molecule has 0 bridgehead atoms. The van der Waals surface area contributed by atoms with Gasteiger partial charge in [-0.25, -0.2) is 8.42 Å². The van der Waals surface area contributed by atoms with Crippen molar-refractivity contribution in [3.8, 4) is 11.5 Å². The smallest absolute Gasteiger partial charge is 0.272 e. The number of sulfonamides is 1. The van der Waals surface area contributed by atoms with E-state index in [0.29, 0.717) is 24.5 Å². The number of carbonyl (C=O) groups excluding carboxylic acids is 1. The molecular weight excluding hydrogens is 392 g/mol. The lowest BCUT2D eigenvalue weighted by atomic mass is 10.2. The van der Waals surface area contributed by atoms with Gasteiger partial charge in [-0.05, 0) is 36.8 Å². The van der Waals surface area contributed by atoms with Crippen molar-refractivity contribution in [2.45, 2.75) is 32.2 Å². The normalized spacial score (nSPS) is 11.7. The number of H-pyrrole nitrogens is 1. The van der Waals surface area contributed by atoms with Crippen molar-refractivity contribution >= 4 is 15.9 Å². The highest BCUT2D eigenvalue weighted by molar-refractivity contribution is 7.89. The molecule has 1 aromatic carbocycles. The number of amides is 1. The van der Waals surface area contributed by atoms with Gasteiger partial charge >= 0.3 is 0 Å². The van der Waals surface area contributed by atoms with E-state index in [9.17, 15) is 13.2 Å². The van der Waals surface area contributed by atoms with Crippen LogP contribution in [0.15, 0.2) is 51.8 Å². The maximum absolute atomic E-state index is 12.5. The van der Waals surface area contributed by atoms with Crippen LogP contribution in [0, 0.1) is 6.92 Å². The second-order valence-corrected chi connectivity index (χ2v) is 8.43. The molecule has 154 valence electrons. The Labute approximate surface area is 170 Å². The highest BCUT2D eigenvalue weighted by Gasteiger charge is 2.21. The van der Waals surface area contributed by atoms with Crippen LogP contribution in [0.25, 0.3) is 11.5 Å². The lowest BCUT2D eigenvalue weighted by Crippen LogP contribution is -2.30. The fraction of sp³-hybridized carbons (Fsp3) is 0.300. The summed E-state index contributed by atoms with van der Waals surface area (Å²) in [5.41, 5.74) is 1.65. The van der Waals surface area contributed by atoms with Gasteiger partial charge in [0.25, 0.3) is 5.91 Å². The van der Waals surface area contributed by atoms with Crippen molar-refractivity contribution in [2.75, 3.05) is 13.1 Å². The zero-order valence-corrected chi connectivity index (χ0v) is 17.4. The average molecular weight is 417 g/mol. The van der Waals surface area contributed by atoms with E-state index in [0.717, 1.165) is 11.3 Å². The number of aromatic amines is 1. The summed E-state index contributed by atoms with van der Waals surface area (Å²) in [6.07, 6.45) is 0. The third-order valence-electron chi connectivity index (χ3n) is 4.54. The predicted octanol–water partition coefficient (Wildman–Crippen LogP) is 2.94. The van der Waals surface area contributed by atoms with E-state index in [4.69, 9.17) is 4.42 Å². The lowest BCUT2D eigenvalue weighted by molar-refractivity contribution is 0.0946. The number of furan rings is 1. The Morgan fingerprint density at radius 1 is 1.14 bits per heavy atom. The molecule has 0 radical (unpaired) electrons. The molecule has 0 fully saturated rings. The first-order valence-electron chi connectivity index (χ1n) is 9.34. The largest absolute Gasteiger partial charge is 0.460 e. The molecule has 0 spiro atoms. The molecule has 0 atom stereocenters. The lowest BCUT2D eigenvalue weighted by Gasteiger charge is -2.18. The molecule has 0 aliphatic heterocycles. The van der Waals surface area contributed by atoms with Crippen LogP contribution in [0.4, 0.5) is 0 Å². The molecular formula is C20H24N4O4S. The molecule has 2 aromatic heterocycles. The summed E-state index contributed by atoms with van der Waals surface area (Å²) in [6, 6.07) is 11.8. The number of nitrogens with one attached hydrogen (secondary N) is 2. The quantitative estimate of drug-likeness (QED) is 0.587. The first-order valence-corrected chi connectivity index (χ1v) is 10.8. The second-order valence-electron chi connectivity index (χ2n) is 6.49. The van der Waals surface area contributed by atoms with Crippen LogP contribution in [-0.4, -0.2) is 41.9 Å². The molecule has 3 aromatic rings. The van der Waals surface area contributed by atoms with Crippen LogP contribution in [-0.2, 0) is 16.6 Å². The Morgan fingerprint density at radius 2 is 1.83 bits per heavy atom. The summed E-state index contributed by atoms with van der Waals surface area (Å²) < 4.78 is 31.9. The Bertz CT molecular complexity index is 1080. The standard InChI is InChI=1S/C20H24N4O4S/c1-4-24(5-2)29(26,27)16-9-7-15(8-10-16)13-21-20(25)18-12-17(22-23-18)19-11-6-14(3)28-19/h6-12H,4-5,13H2,1-3H3,(H,21,25)(H,22,23). The van der Waals surface area contributed by atoms with Gasteiger partial charge in [-0.15, -0.1) is 0 Å². The van der Waals surface area contributed by atoms with Gasteiger partial charge in [-0.3, -0.25) is 9.89 Å². The van der Waals surface area contributed by atoms with Crippen molar-refractivity contribution in [1.82, 2.24) is 19.8 Å². The molecule has 0 saturated carbocycles. The molecule has 0 aliphatic rings. The molecule has 0 aliphatic carbocycles. The van der Waals surface area contributed by atoms with Crippen molar-refractivity contribution in [3.05, 3.63) is 59.5 Å². The molecule has 0 unspecified atom stereocenters. The zero-order chi connectivity index (χ0) is 21.0. The number of rotatable bonds is 8. The number of aryl methyl sites for hydroxylation is 1. The summed E-state index contributed by atoms with van der Waals surface area (Å²) in [5, 5.41) is 9.58. The van der Waals surface area contributed by atoms with Crippen LogP contribution >= 0.6 is 0 Å². The topological polar surface area (TPSA) is 108 Å². The number of hydrogen-bond donors (Lipinski definition) is 2. The average Bonchev–Trinajstić information content (AvgIpc) is 3.36. The van der Waals surface area contributed by atoms with Crippen molar-refractivity contribution in [1.29, 1.82) is 0 Å². The second kappa shape index (κ2) is 8.62. The number of carbonyl (C=O) groups is 1. The van der Waals surface area contributed by atoms with E-state index in [1.807, 2.05) is 13.0 Å². The van der Waals surface area contributed by atoms with Gasteiger partial charge in [-0.1, -0.05) is 26.0 Å². The number of hydrogen-bond acceptors (Lipinski definition) is 5. The fourth-order valence-corrected chi connectivity index (χ4v) is 4.37. The van der Waals surface area contributed by atoms with Crippen molar-refractivity contribution in [2.24, 2.45) is 0 Å². The molecule has 29 heavy (non-hydrogen) atoms. The molecule has 9 heteroatoms. The maximum atomic E-state index is 12.5. The fourth-order valence-electron chi connectivity index (χ4n) is 2.91. The number of benzene rings is 1. The minimum absolute atomic E-state index is 0.238. The van der Waals surface area contributed by atoms with Gasteiger partial charge in [0, 0.05) is 25.7 Å². The molecule has 8 nitrogen and oxygen atoms in total. The number of nitrogens with zero attached hydrogens (tertiary/aromatic N) is 2. The first kappa shape index (κ1) is 20.8. The Balaban J connectivity index is 1.63. The Hall–Kier alpha value is -2.91. The van der Waals surface area contributed by atoms with Crippen LogP contribution in [0.2, 0.25) is 0 Å². The van der Waals surface area contributed by atoms with E-state index in [2.05, 4.69) is 15.5 Å². The SMILES string of the molecule is CCN(CC)S(=O)(=O)c1ccc(CNC(=O)c2cc(-c3ccc(C)o3)[nH]n2)cc1. The van der Waals surface area contributed by atoms with Gasteiger partial charge in [-0.2, -0.15) is 9.40 Å². The van der Waals surface area contributed by atoms with E-state index >= 15 is 0 Å². The Morgan fingerprint density at radius 3 is 2.41 bits per heavy atom. The van der Waals surface area contributed by atoms with E-state index < -0.39 is 10.0 Å². The minimum atomic E-state index is -3.49. The molecule has 2 heterocycles. The first-order chi connectivity index (χ1) is 13.8. The van der Waals surface area contributed by atoms with Gasteiger partial charge in [0.15, 0.2) is 11.5 Å². The Kier molecular flexibility index (Phi) is 6.19. The van der Waals surface area contributed by atoms with Gasteiger partial charge in [0.1, 0.15) is 11.5 Å². The summed E-state index contributed by atoms with van der Waals surface area (Å²) >= 11 is 0. The van der Waals surface area contributed by atoms with E-state index in [1.165, 1.54) is 4.31 Å². The van der Waals surface area contributed by atoms with Gasteiger partial charge < -0.3 is 9.73 Å². The third kappa shape index (κ3) is 4.57. The minimum Gasteiger partial charge on any atom is -0.460 e. The molecule has 1 amide bonds. The maximum Gasteiger partial charge on any atom is 0.272 e. The molecule has 0 saturated heterocycles. The van der Waals surface area contributed by atoms with Crippen molar-refractivity contribution < 1.29 is 17.6 Å². The molecule has 2 N–H and O–H groups in total. The summed E-state index contributed by atoms with van der Waals surface area (Å²) in [5.74, 6) is 1.04. The van der Waals surface area contributed by atoms with Gasteiger partial charge in [0.2, 0.25) is 10.0 Å². The van der Waals surface area contributed by atoms with Crippen LogP contribution in [0.1, 0.15) is 35.7 Å². The summed E-state index contributed by atoms with van der Waals surface area (Å²) in [6.45, 7) is 6.54. The highest BCUT2D eigenvalue weighted by Crippen LogP contribution is 2.20. The highest BCUT2D eigenvalue weighted by atomic mass is 32.2. The van der Waals surface area contributed by atoms with E-state index in [-0.39, 0.29) is 23.0 Å². The zero-order valence-electron chi connectivity index (χ0n) is 16.6. The van der Waals surface area contributed by atoms with Crippen LogP contribution in [0.5, 0.6) is 0 Å². The monoisotopic (exact) mass is 416 g/mol. The van der Waals surface area contributed by atoms with E-state index in [1.54, 1.807) is 50.2 Å². The predicted molar refractivity (Wildman–Crippen MR) is 109 cm³/mol. The van der Waals surface area contributed by atoms with Gasteiger partial charge in [0.05, 0.1) is 4.90 Å².